The molecule has 0 saturated heterocycles. The molecule has 5 heterocycles. The van der Waals surface area contributed by atoms with Gasteiger partial charge >= 0.3 is 0 Å². The summed E-state index contributed by atoms with van der Waals surface area (Å²) in [6, 6.07) is 15.1. The Morgan fingerprint density at radius 3 is 2.41 bits per heavy atom. The minimum Gasteiger partial charge on any atom is -0.494 e. The van der Waals surface area contributed by atoms with Gasteiger partial charge in [-0.3, -0.25) is 4.79 Å². The predicted molar refractivity (Wildman–Crippen MR) is 127 cm³/mol. The van der Waals surface area contributed by atoms with Crippen molar-refractivity contribution in [1.82, 2.24) is 30.3 Å². The Morgan fingerprint density at radius 1 is 0.882 bits per heavy atom. The molecule has 0 fully saturated rings. The normalized spacial score (nSPS) is 15.2. The van der Waals surface area contributed by atoms with Crippen molar-refractivity contribution in [1.29, 1.82) is 0 Å². The molecule has 10 heteroatoms. The van der Waals surface area contributed by atoms with Crippen molar-refractivity contribution in [3.05, 3.63) is 54.7 Å². The number of aromatic nitrogens is 5. The first-order valence-electron chi connectivity index (χ1n) is 11.3. The molecule has 2 aromatic carbocycles. The van der Waals surface area contributed by atoms with Crippen LogP contribution < -0.4 is 20.1 Å². The lowest BCUT2D eigenvalue weighted by atomic mass is 10.2. The number of hydrogen-bond acceptors (Lipinski definition) is 8. The monoisotopic (exact) mass is 459 g/mol. The van der Waals surface area contributed by atoms with Gasteiger partial charge in [0.2, 0.25) is 11.9 Å². The highest BCUT2D eigenvalue weighted by atomic mass is 16.5. The smallest absolute Gasteiger partial charge is 0.229 e. The van der Waals surface area contributed by atoms with E-state index in [1.807, 2.05) is 48.5 Å². The maximum atomic E-state index is 12.0. The molecular weight excluding hydrogens is 434 g/mol. The van der Waals surface area contributed by atoms with E-state index in [2.05, 4.69) is 30.9 Å². The molecule has 2 N–H and O–H groups in total. The minimum atomic E-state index is 0.0387. The molecule has 0 saturated carbocycles. The summed E-state index contributed by atoms with van der Waals surface area (Å²) in [5.74, 6) is 1.99. The van der Waals surface area contributed by atoms with E-state index in [9.17, 15) is 4.79 Å². The van der Waals surface area contributed by atoms with E-state index < -0.39 is 0 Å². The Hall–Kier alpha value is -4.21. The third kappa shape index (κ3) is 5.22. The first-order valence-corrected chi connectivity index (χ1v) is 11.3. The van der Waals surface area contributed by atoms with Gasteiger partial charge in [-0.05, 0) is 67.8 Å². The van der Waals surface area contributed by atoms with Crippen molar-refractivity contribution in [3.8, 4) is 17.2 Å². The Kier molecular flexibility index (Phi) is 6.46. The molecule has 34 heavy (non-hydrogen) atoms. The van der Waals surface area contributed by atoms with Crippen LogP contribution in [0.2, 0.25) is 0 Å². The van der Waals surface area contributed by atoms with Crippen molar-refractivity contribution < 1.29 is 14.3 Å². The zero-order valence-electron chi connectivity index (χ0n) is 18.6. The highest BCUT2D eigenvalue weighted by Gasteiger charge is 2.11. The summed E-state index contributed by atoms with van der Waals surface area (Å²) in [5.41, 5.74) is 2.82. The van der Waals surface area contributed by atoms with E-state index >= 15 is 0 Å². The fourth-order valence-electron chi connectivity index (χ4n) is 3.57. The molecule has 4 aromatic rings. The fourth-order valence-corrected chi connectivity index (χ4v) is 3.57. The number of benzene rings is 2. The van der Waals surface area contributed by atoms with Crippen LogP contribution >= 0.6 is 0 Å². The zero-order chi connectivity index (χ0) is 23.2. The van der Waals surface area contributed by atoms with E-state index in [4.69, 9.17) is 9.47 Å². The SMILES string of the molecule is O=C1CCCOc2ccc(cc2)-n2nnc3cnc(nc32)Nc2ccc(cc2)OCCCCN1. The summed E-state index contributed by atoms with van der Waals surface area (Å²) in [6.45, 7) is 1.70. The zero-order valence-corrected chi connectivity index (χ0v) is 18.6. The van der Waals surface area contributed by atoms with Crippen molar-refractivity contribution in [2.24, 2.45) is 0 Å². The molecule has 0 aliphatic carbocycles. The fraction of sp³-hybridized carbons (Fsp3) is 0.292. The molecule has 174 valence electrons. The van der Waals surface area contributed by atoms with E-state index in [-0.39, 0.29) is 5.91 Å². The van der Waals surface area contributed by atoms with Crippen molar-refractivity contribution >= 4 is 28.7 Å². The highest BCUT2D eigenvalue weighted by Crippen LogP contribution is 2.22. The number of ether oxygens (including phenoxy) is 2. The third-order valence-corrected chi connectivity index (χ3v) is 5.36. The maximum absolute atomic E-state index is 12.0. The van der Waals surface area contributed by atoms with Crippen LogP contribution in [0.1, 0.15) is 25.7 Å². The molecule has 2 aromatic heterocycles. The molecule has 0 radical (unpaired) electrons. The van der Waals surface area contributed by atoms with Crippen LogP contribution in [-0.2, 0) is 4.79 Å². The lowest BCUT2D eigenvalue weighted by Gasteiger charge is -2.10. The Morgan fingerprint density at radius 2 is 1.62 bits per heavy atom. The second-order valence-corrected chi connectivity index (χ2v) is 7.90. The number of nitrogens with zero attached hydrogens (tertiary/aromatic N) is 5. The molecular formula is C24H25N7O3. The van der Waals surface area contributed by atoms with Gasteiger partial charge in [0.25, 0.3) is 0 Å². The molecule has 1 amide bonds. The summed E-state index contributed by atoms with van der Waals surface area (Å²) in [4.78, 5) is 21.0. The van der Waals surface area contributed by atoms with E-state index in [0.717, 1.165) is 35.7 Å². The first kappa shape index (κ1) is 21.6. The van der Waals surface area contributed by atoms with Crippen LogP contribution in [0.25, 0.3) is 16.9 Å². The second kappa shape index (κ2) is 10.2. The molecule has 3 aliphatic rings. The van der Waals surface area contributed by atoms with Crippen LogP contribution in [0.15, 0.2) is 54.7 Å². The Labute approximate surface area is 196 Å². The first-order chi connectivity index (χ1) is 16.7. The number of carbonyl (C=O) groups is 1. The van der Waals surface area contributed by atoms with Gasteiger partial charge in [0.1, 0.15) is 11.5 Å². The van der Waals surface area contributed by atoms with Crippen LogP contribution in [0.5, 0.6) is 11.5 Å². The maximum Gasteiger partial charge on any atom is 0.229 e. The van der Waals surface area contributed by atoms with Crippen molar-refractivity contribution in [2.45, 2.75) is 25.7 Å². The van der Waals surface area contributed by atoms with Crippen LogP contribution in [-0.4, -0.2) is 50.6 Å². The quantitative estimate of drug-likeness (QED) is 0.411. The average molecular weight is 460 g/mol. The van der Waals surface area contributed by atoms with Crippen LogP contribution in [0.3, 0.4) is 0 Å². The van der Waals surface area contributed by atoms with Crippen molar-refractivity contribution in [3.63, 3.8) is 0 Å². The largest absolute Gasteiger partial charge is 0.494 e. The van der Waals surface area contributed by atoms with Crippen LogP contribution in [0, 0.1) is 0 Å². The van der Waals surface area contributed by atoms with Gasteiger partial charge in [-0.15, -0.1) is 5.10 Å². The van der Waals surface area contributed by atoms with E-state index in [1.165, 1.54) is 0 Å². The topological polar surface area (TPSA) is 116 Å². The number of amides is 1. The summed E-state index contributed by atoms with van der Waals surface area (Å²) in [5, 5.41) is 14.6. The van der Waals surface area contributed by atoms with Crippen LogP contribution in [0.4, 0.5) is 11.6 Å². The molecule has 10 nitrogen and oxygen atoms in total. The molecule has 7 rings (SSSR count). The average Bonchev–Trinajstić information content (AvgIpc) is 3.28. The van der Waals surface area contributed by atoms with Crippen molar-refractivity contribution in [2.75, 3.05) is 25.1 Å². The molecule has 0 unspecified atom stereocenters. The van der Waals surface area contributed by atoms with Gasteiger partial charge in [0.05, 0.1) is 25.1 Å². The number of nitrogens with one attached hydrogen (secondary N) is 2. The number of anilines is 2. The standard InChI is InChI=1S/C24H25N7O3/c32-22-4-3-15-34-20-11-7-18(8-12-20)31-23-21(29-30-31)16-26-24(28-23)27-17-5-9-19(10-6-17)33-14-2-1-13-25-22/h5-12,16H,1-4,13-15H2,(H,25,32)(H,26,27,28). The van der Waals surface area contributed by atoms with Gasteiger partial charge < -0.3 is 20.1 Å². The Bertz CT molecular complexity index is 1260. The number of fused-ring (bicyclic) bond motifs is 2. The molecule has 0 atom stereocenters. The number of rotatable bonds is 0. The van der Waals surface area contributed by atoms with E-state index in [1.54, 1.807) is 10.9 Å². The third-order valence-electron chi connectivity index (χ3n) is 5.36. The summed E-state index contributed by atoms with van der Waals surface area (Å²) >= 11 is 0. The highest BCUT2D eigenvalue weighted by molar-refractivity contribution is 5.75. The van der Waals surface area contributed by atoms with Gasteiger partial charge in [0, 0.05) is 18.7 Å². The van der Waals surface area contributed by atoms with Gasteiger partial charge in [-0.25, -0.2) is 4.98 Å². The summed E-state index contributed by atoms with van der Waals surface area (Å²) < 4.78 is 13.2. The number of carbonyl (C=O) groups excluding carboxylic acids is 1. The molecule has 3 aliphatic heterocycles. The minimum absolute atomic E-state index is 0.0387. The van der Waals surface area contributed by atoms with Gasteiger partial charge in [-0.2, -0.15) is 9.67 Å². The lowest BCUT2D eigenvalue weighted by molar-refractivity contribution is -0.121. The summed E-state index contributed by atoms with van der Waals surface area (Å²) in [7, 11) is 0. The van der Waals surface area contributed by atoms with Gasteiger partial charge in [-0.1, -0.05) is 5.21 Å². The summed E-state index contributed by atoms with van der Waals surface area (Å²) in [6.07, 6.45) is 4.44. The number of hydrogen-bond donors (Lipinski definition) is 2. The predicted octanol–water partition coefficient (Wildman–Crippen LogP) is 3.40. The molecule has 0 spiro atoms. The Balaban J connectivity index is 1.39. The van der Waals surface area contributed by atoms with E-state index in [0.29, 0.717) is 49.7 Å². The molecule has 6 bridgehead atoms. The van der Waals surface area contributed by atoms with Gasteiger partial charge in [0.15, 0.2) is 11.2 Å². The second-order valence-electron chi connectivity index (χ2n) is 7.90. The lowest BCUT2D eigenvalue weighted by Crippen LogP contribution is -2.24.